The van der Waals surface area contributed by atoms with E-state index in [1.807, 2.05) is 24.3 Å². The highest BCUT2D eigenvalue weighted by molar-refractivity contribution is 5.94. The molecule has 30 heavy (non-hydrogen) atoms. The van der Waals surface area contributed by atoms with Gasteiger partial charge < -0.3 is 29.2 Å². The lowest BCUT2D eigenvalue weighted by Gasteiger charge is -2.31. The fourth-order valence-corrected chi connectivity index (χ4v) is 4.00. The Bertz CT molecular complexity index is 871. The van der Waals surface area contributed by atoms with Crippen LogP contribution in [0.25, 0.3) is 0 Å². The molecule has 0 radical (unpaired) electrons. The normalized spacial score (nSPS) is 18.4. The number of piperidine rings is 1. The standard InChI is InChI=1S/C23H30N2O5/c1-27-19-10-8-16(13-21(19)29-3)15-25-12-6-5-7-18(25)23(26)24-17-9-11-20(28-2)22(14-17)30-4/h8-11,13-14,18H,5-7,12,15H2,1-4H3,(H,24,26)/p+1/t18-/m1/s1. The summed E-state index contributed by atoms with van der Waals surface area (Å²) in [4.78, 5) is 14.4. The van der Waals surface area contributed by atoms with E-state index in [1.54, 1.807) is 40.6 Å². The number of hydrogen-bond acceptors (Lipinski definition) is 5. The maximum atomic E-state index is 13.1. The molecular weight excluding hydrogens is 384 g/mol. The Labute approximate surface area is 177 Å². The maximum absolute atomic E-state index is 13.1. The lowest BCUT2D eigenvalue weighted by molar-refractivity contribution is -0.934. The van der Waals surface area contributed by atoms with E-state index >= 15 is 0 Å². The molecule has 0 aliphatic carbocycles. The first kappa shape index (κ1) is 21.8. The minimum atomic E-state index is -0.111. The number of methoxy groups -OCH3 is 4. The van der Waals surface area contributed by atoms with Crippen molar-refractivity contribution >= 4 is 11.6 Å². The highest BCUT2D eigenvalue weighted by atomic mass is 16.5. The summed E-state index contributed by atoms with van der Waals surface area (Å²) in [6.07, 6.45) is 3.03. The third-order valence-corrected chi connectivity index (χ3v) is 5.58. The second-order valence-electron chi connectivity index (χ2n) is 7.38. The molecule has 1 aliphatic heterocycles. The molecule has 7 nitrogen and oxygen atoms in total. The van der Waals surface area contributed by atoms with E-state index in [-0.39, 0.29) is 11.9 Å². The number of ether oxygens (including phenoxy) is 4. The van der Waals surface area contributed by atoms with Gasteiger partial charge in [0.15, 0.2) is 29.0 Å². The van der Waals surface area contributed by atoms with Crippen LogP contribution in [0.4, 0.5) is 5.69 Å². The highest BCUT2D eigenvalue weighted by Gasteiger charge is 2.32. The van der Waals surface area contributed by atoms with Crippen LogP contribution in [0.3, 0.4) is 0 Å². The lowest BCUT2D eigenvalue weighted by atomic mass is 10.00. The lowest BCUT2D eigenvalue weighted by Crippen LogP contribution is -3.16. The van der Waals surface area contributed by atoms with Gasteiger partial charge in [0.05, 0.1) is 35.0 Å². The van der Waals surface area contributed by atoms with E-state index in [4.69, 9.17) is 18.9 Å². The second-order valence-corrected chi connectivity index (χ2v) is 7.38. The predicted octanol–water partition coefficient (Wildman–Crippen LogP) is 2.30. The van der Waals surface area contributed by atoms with Gasteiger partial charge in [0.25, 0.3) is 5.91 Å². The maximum Gasteiger partial charge on any atom is 0.282 e. The van der Waals surface area contributed by atoms with Crippen molar-refractivity contribution in [2.75, 3.05) is 40.3 Å². The average molecular weight is 416 g/mol. The Hall–Kier alpha value is -2.93. The zero-order valence-electron chi connectivity index (χ0n) is 18.1. The first-order valence-corrected chi connectivity index (χ1v) is 10.2. The van der Waals surface area contributed by atoms with Gasteiger partial charge in [-0.25, -0.2) is 0 Å². The summed E-state index contributed by atoms with van der Waals surface area (Å²) in [5.41, 5.74) is 1.82. The van der Waals surface area contributed by atoms with Crippen LogP contribution < -0.4 is 29.2 Å². The van der Waals surface area contributed by atoms with Crippen molar-refractivity contribution < 1.29 is 28.6 Å². The van der Waals surface area contributed by atoms with Crippen LogP contribution in [0.5, 0.6) is 23.0 Å². The highest BCUT2D eigenvalue weighted by Crippen LogP contribution is 2.30. The van der Waals surface area contributed by atoms with Crippen LogP contribution in [-0.4, -0.2) is 46.9 Å². The minimum absolute atomic E-state index is 0.0254. The number of carbonyl (C=O) groups is 1. The Balaban J connectivity index is 1.73. The molecule has 1 fully saturated rings. The van der Waals surface area contributed by atoms with E-state index in [2.05, 4.69) is 5.32 Å². The molecule has 2 N–H and O–H groups in total. The van der Waals surface area contributed by atoms with Crippen LogP contribution in [0.1, 0.15) is 24.8 Å². The third-order valence-electron chi connectivity index (χ3n) is 5.58. The van der Waals surface area contributed by atoms with E-state index < -0.39 is 0 Å². The van der Waals surface area contributed by atoms with Crippen molar-refractivity contribution in [3.8, 4) is 23.0 Å². The molecule has 0 spiro atoms. The van der Waals surface area contributed by atoms with Crippen molar-refractivity contribution in [3.05, 3.63) is 42.0 Å². The zero-order chi connectivity index (χ0) is 21.5. The largest absolute Gasteiger partial charge is 0.493 e. The number of benzene rings is 2. The van der Waals surface area contributed by atoms with Gasteiger partial charge in [0.1, 0.15) is 6.54 Å². The molecule has 2 aromatic rings. The number of nitrogens with one attached hydrogen (secondary N) is 2. The van der Waals surface area contributed by atoms with Gasteiger partial charge in [-0.05, 0) is 43.2 Å². The molecule has 1 heterocycles. The molecule has 1 saturated heterocycles. The van der Waals surface area contributed by atoms with Crippen molar-refractivity contribution in [2.45, 2.75) is 31.8 Å². The van der Waals surface area contributed by atoms with Crippen LogP contribution >= 0.6 is 0 Å². The van der Waals surface area contributed by atoms with E-state index in [1.165, 1.54) is 4.90 Å². The Morgan fingerprint density at radius 3 is 2.20 bits per heavy atom. The third kappa shape index (κ3) is 4.97. The minimum Gasteiger partial charge on any atom is -0.493 e. The topological polar surface area (TPSA) is 70.5 Å². The van der Waals surface area contributed by atoms with Gasteiger partial charge >= 0.3 is 0 Å². The zero-order valence-corrected chi connectivity index (χ0v) is 18.1. The molecule has 0 saturated carbocycles. The molecule has 2 atom stereocenters. The number of hydrogen-bond donors (Lipinski definition) is 2. The molecule has 1 amide bonds. The molecule has 7 heteroatoms. The smallest absolute Gasteiger partial charge is 0.282 e. The average Bonchev–Trinajstić information content (AvgIpc) is 2.79. The summed E-state index contributed by atoms with van der Waals surface area (Å²) in [5.74, 6) is 2.66. The Kier molecular flexibility index (Phi) is 7.41. The van der Waals surface area contributed by atoms with Crippen LogP contribution in [0.2, 0.25) is 0 Å². The van der Waals surface area contributed by atoms with Crippen molar-refractivity contribution in [1.82, 2.24) is 0 Å². The van der Waals surface area contributed by atoms with Crippen LogP contribution in [-0.2, 0) is 11.3 Å². The van der Waals surface area contributed by atoms with Gasteiger partial charge in [-0.2, -0.15) is 0 Å². The van der Waals surface area contributed by atoms with Gasteiger partial charge in [-0.1, -0.05) is 0 Å². The monoisotopic (exact) mass is 415 g/mol. The molecule has 0 bridgehead atoms. The molecule has 2 aromatic carbocycles. The Morgan fingerprint density at radius 1 is 0.900 bits per heavy atom. The van der Waals surface area contributed by atoms with Crippen molar-refractivity contribution in [1.29, 1.82) is 0 Å². The van der Waals surface area contributed by atoms with Crippen LogP contribution in [0.15, 0.2) is 36.4 Å². The van der Waals surface area contributed by atoms with Gasteiger partial charge in [-0.15, -0.1) is 0 Å². The van der Waals surface area contributed by atoms with Gasteiger partial charge in [0.2, 0.25) is 0 Å². The van der Waals surface area contributed by atoms with E-state index in [0.29, 0.717) is 28.7 Å². The molecule has 0 aromatic heterocycles. The molecular formula is C23H31N2O5+. The first-order valence-electron chi connectivity index (χ1n) is 10.2. The number of likely N-dealkylation sites (tertiary alicyclic amines) is 1. The second kappa shape index (κ2) is 10.2. The summed E-state index contributed by atoms with van der Waals surface area (Å²) in [5, 5.41) is 3.05. The summed E-state index contributed by atoms with van der Waals surface area (Å²) in [6.45, 7) is 1.71. The van der Waals surface area contributed by atoms with E-state index in [9.17, 15) is 4.79 Å². The fraction of sp³-hybridized carbons (Fsp3) is 0.435. The first-order chi connectivity index (χ1) is 14.6. The molecule has 1 unspecified atom stereocenters. The summed E-state index contributed by atoms with van der Waals surface area (Å²) >= 11 is 0. The number of rotatable bonds is 8. The van der Waals surface area contributed by atoms with Crippen molar-refractivity contribution in [3.63, 3.8) is 0 Å². The molecule has 162 valence electrons. The van der Waals surface area contributed by atoms with Crippen LogP contribution in [0, 0.1) is 0 Å². The predicted molar refractivity (Wildman–Crippen MR) is 115 cm³/mol. The SMILES string of the molecule is COc1ccc(C[NH+]2CCCC[C@@H]2C(=O)Nc2ccc(OC)c(OC)c2)cc1OC. The van der Waals surface area contributed by atoms with Gasteiger partial charge in [0, 0.05) is 23.7 Å². The summed E-state index contributed by atoms with van der Waals surface area (Å²) in [7, 11) is 6.43. The molecule has 1 aliphatic rings. The molecule has 3 rings (SSSR count). The van der Waals surface area contributed by atoms with E-state index in [0.717, 1.165) is 37.9 Å². The Morgan fingerprint density at radius 2 is 1.53 bits per heavy atom. The number of amides is 1. The van der Waals surface area contributed by atoms with Crippen molar-refractivity contribution in [2.24, 2.45) is 0 Å². The van der Waals surface area contributed by atoms with Gasteiger partial charge in [-0.3, -0.25) is 4.79 Å². The number of carbonyl (C=O) groups excluding carboxylic acids is 1. The quantitative estimate of drug-likeness (QED) is 0.692. The number of anilines is 1. The number of quaternary nitrogens is 1. The fourth-order valence-electron chi connectivity index (χ4n) is 4.00. The summed E-state index contributed by atoms with van der Waals surface area (Å²) in [6, 6.07) is 11.2. The summed E-state index contributed by atoms with van der Waals surface area (Å²) < 4.78 is 21.4.